The van der Waals surface area contributed by atoms with Gasteiger partial charge in [-0.15, -0.1) is 12.4 Å². The minimum absolute atomic E-state index is 0. The summed E-state index contributed by atoms with van der Waals surface area (Å²) in [5.74, 6) is 0.683. The Morgan fingerprint density at radius 3 is 2.65 bits per heavy atom. The lowest BCUT2D eigenvalue weighted by Crippen LogP contribution is -2.25. The maximum absolute atomic E-state index is 11.6. The molecular weight excluding hydrogens is 335 g/mol. The molecule has 0 radical (unpaired) electrons. The molecule has 0 bridgehead atoms. The van der Waals surface area contributed by atoms with Gasteiger partial charge in [0.15, 0.2) is 0 Å². The predicted octanol–water partition coefficient (Wildman–Crippen LogP) is 3.81. The summed E-state index contributed by atoms with van der Waals surface area (Å²) >= 11 is 5.95. The third-order valence-electron chi connectivity index (χ3n) is 3.10. The SMILES string of the molecule is CNCC(=O)Nc1ccc(OCc2cccc(Cl)c2)cc1C.Cl. The van der Waals surface area contributed by atoms with E-state index in [0.717, 1.165) is 22.6 Å². The standard InChI is InChI=1S/C17H19ClN2O2.ClH/c1-12-8-15(6-7-16(12)20-17(21)10-19-2)22-11-13-4-3-5-14(18)9-13;/h3-9,19H,10-11H2,1-2H3,(H,20,21);1H. The molecule has 0 saturated carbocycles. The number of hydrogen-bond donors (Lipinski definition) is 2. The highest BCUT2D eigenvalue weighted by Crippen LogP contribution is 2.22. The average Bonchev–Trinajstić information content (AvgIpc) is 2.48. The molecule has 0 heterocycles. The number of carbonyl (C=O) groups is 1. The number of nitrogens with one attached hydrogen (secondary N) is 2. The van der Waals surface area contributed by atoms with Crippen molar-refractivity contribution in [1.29, 1.82) is 0 Å². The van der Waals surface area contributed by atoms with Crippen LogP contribution in [0.3, 0.4) is 0 Å². The number of rotatable bonds is 6. The molecule has 23 heavy (non-hydrogen) atoms. The molecule has 124 valence electrons. The molecule has 0 aliphatic carbocycles. The molecule has 0 atom stereocenters. The number of halogens is 2. The molecule has 0 aliphatic rings. The molecule has 2 N–H and O–H groups in total. The van der Waals surface area contributed by atoms with Crippen LogP contribution in [0.4, 0.5) is 5.69 Å². The second-order valence-electron chi connectivity index (χ2n) is 4.97. The van der Waals surface area contributed by atoms with E-state index in [-0.39, 0.29) is 24.9 Å². The van der Waals surface area contributed by atoms with Gasteiger partial charge in [0.1, 0.15) is 12.4 Å². The zero-order chi connectivity index (χ0) is 15.9. The van der Waals surface area contributed by atoms with Crippen LogP contribution in [-0.4, -0.2) is 19.5 Å². The van der Waals surface area contributed by atoms with Crippen molar-refractivity contribution in [3.63, 3.8) is 0 Å². The molecule has 0 saturated heterocycles. The second kappa shape index (κ2) is 9.40. The van der Waals surface area contributed by atoms with E-state index in [2.05, 4.69) is 10.6 Å². The Morgan fingerprint density at radius 1 is 1.22 bits per heavy atom. The summed E-state index contributed by atoms with van der Waals surface area (Å²) in [4.78, 5) is 11.6. The van der Waals surface area contributed by atoms with Crippen molar-refractivity contribution in [1.82, 2.24) is 5.32 Å². The van der Waals surface area contributed by atoms with Crippen molar-refractivity contribution in [2.75, 3.05) is 18.9 Å². The molecule has 2 rings (SSSR count). The lowest BCUT2D eigenvalue weighted by Gasteiger charge is -2.11. The summed E-state index contributed by atoms with van der Waals surface area (Å²) in [6.45, 7) is 2.67. The molecule has 0 aliphatic heterocycles. The van der Waals surface area contributed by atoms with Gasteiger partial charge in [0, 0.05) is 10.7 Å². The van der Waals surface area contributed by atoms with E-state index in [1.165, 1.54) is 0 Å². The molecular formula is C17H20Cl2N2O2. The van der Waals surface area contributed by atoms with Gasteiger partial charge >= 0.3 is 0 Å². The largest absolute Gasteiger partial charge is 0.489 e. The fourth-order valence-electron chi connectivity index (χ4n) is 2.01. The monoisotopic (exact) mass is 354 g/mol. The van der Waals surface area contributed by atoms with E-state index >= 15 is 0 Å². The van der Waals surface area contributed by atoms with Crippen LogP contribution < -0.4 is 15.4 Å². The predicted molar refractivity (Wildman–Crippen MR) is 96.8 cm³/mol. The number of ether oxygens (including phenoxy) is 1. The molecule has 0 unspecified atom stereocenters. The normalized spacial score (nSPS) is 9.87. The number of amides is 1. The first-order valence-electron chi connectivity index (χ1n) is 7.01. The Hall–Kier alpha value is -1.75. The van der Waals surface area contributed by atoms with Crippen LogP contribution in [0.5, 0.6) is 5.75 Å². The Bertz CT molecular complexity index is 663. The van der Waals surface area contributed by atoms with Gasteiger partial charge in [-0.2, -0.15) is 0 Å². The summed E-state index contributed by atoms with van der Waals surface area (Å²) in [7, 11) is 1.74. The number of benzene rings is 2. The van der Waals surface area contributed by atoms with Crippen LogP contribution in [-0.2, 0) is 11.4 Å². The van der Waals surface area contributed by atoms with E-state index in [4.69, 9.17) is 16.3 Å². The van der Waals surface area contributed by atoms with E-state index in [0.29, 0.717) is 11.6 Å². The number of hydrogen-bond acceptors (Lipinski definition) is 3. The van der Waals surface area contributed by atoms with Crippen LogP contribution in [0.25, 0.3) is 0 Å². The topological polar surface area (TPSA) is 50.4 Å². The highest BCUT2D eigenvalue weighted by Gasteiger charge is 2.05. The molecule has 2 aromatic carbocycles. The summed E-state index contributed by atoms with van der Waals surface area (Å²) < 4.78 is 5.75. The first-order valence-corrected chi connectivity index (χ1v) is 7.38. The van der Waals surface area contributed by atoms with Crippen LogP contribution >= 0.6 is 24.0 Å². The van der Waals surface area contributed by atoms with Crippen molar-refractivity contribution >= 4 is 35.6 Å². The quantitative estimate of drug-likeness (QED) is 0.829. The molecule has 6 heteroatoms. The number of carbonyl (C=O) groups excluding carboxylic acids is 1. The maximum Gasteiger partial charge on any atom is 0.238 e. The summed E-state index contributed by atoms with van der Waals surface area (Å²) in [6.07, 6.45) is 0. The zero-order valence-corrected chi connectivity index (χ0v) is 14.6. The second-order valence-corrected chi connectivity index (χ2v) is 5.41. The van der Waals surface area contributed by atoms with Crippen LogP contribution in [0.15, 0.2) is 42.5 Å². The first kappa shape index (κ1) is 19.3. The number of aryl methyl sites for hydroxylation is 1. The number of anilines is 1. The molecule has 1 amide bonds. The van der Waals surface area contributed by atoms with Gasteiger partial charge in [-0.05, 0) is 55.4 Å². The van der Waals surface area contributed by atoms with Gasteiger partial charge in [-0.3, -0.25) is 4.79 Å². The summed E-state index contributed by atoms with van der Waals surface area (Å²) in [6, 6.07) is 13.2. The average molecular weight is 355 g/mol. The van der Waals surface area contributed by atoms with Gasteiger partial charge in [0.2, 0.25) is 5.91 Å². The Morgan fingerprint density at radius 2 is 2.00 bits per heavy atom. The van der Waals surface area contributed by atoms with Gasteiger partial charge in [-0.1, -0.05) is 23.7 Å². The summed E-state index contributed by atoms with van der Waals surface area (Å²) in [5, 5.41) is 6.35. The Balaban J connectivity index is 0.00000264. The molecule has 0 fully saturated rings. The molecule has 0 spiro atoms. The Kier molecular flexibility index (Phi) is 7.89. The third-order valence-corrected chi connectivity index (χ3v) is 3.34. The minimum Gasteiger partial charge on any atom is -0.489 e. The lowest BCUT2D eigenvalue weighted by atomic mass is 10.2. The minimum atomic E-state index is -0.0711. The Labute approximate surface area is 147 Å². The fraction of sp³-hybridized carbons (Fsp3) is 0.235. The van der Waals surface area contributed by atoms with Crippen molar-refractivity contribution < 1.29 is 9.53 Å². The molecule has 0 aromatic heterocycles. The van der Waals surface area contributed by atoms with E-state index in [9.17, 15) is 4.79 Å². The highest BCUT2D eigenvalue weighted by molar-refractivity contribution is 6.30. The number of likely N-dealkylation sites (N-methyl/N-ethyl adjacent to an activating group) is 1. The first-order chi connectivity index (χ1) is 10.6. The van der Waals surface area contributed by atoms with Gasteiger partial charge < -0.3 is 15.4 Å². The van der Waals surface area contributed by atoms with Gasteiger partial charge in [0.25, 0.3) is 0 Å². The molecule has 4 nitrogen and oxygen atoms in total. The van der Waals surface area contributed by atoms with Crippen molar-refractivity contribution in [2.24, 2.45) is 0 Å². The molecule has 2 aromatic rings. The third kappa shape index (κ3) is 6.10. The summed E-state index contributed by atoms with van der Waals surface area (Å²) in [5.41, 5.74) is 2.75. The highest BCUT2D eigenvalue weighted by atomic mass is 35.5. The lowest BCUT2D eigenvalue weighted by molar-refractivity contribution is -0.115. The zero-order valence-electron chi connectivity index (χ0n) is 13.1. The van der Waals surface area contributed by atoms with E-state index in [1.54, 1.807) is 7.05 Å². The van der Waals surface area contributed by atoms with Crippen LogP contribution in [0, 0.1) is 6.92 Å². The maximum atomic E-state index is 11.6. The van der Waals surface area contributed by atoms with Crippen molar-refractivity contribution in [3.05, 3.63) is 58.6 Å². The van der Waals surface area contributed by atoms with Crippen molar-refractivity contribution in [2.45, 2.75) is 13.5 Å². The van der Waals surface area contributed by atoms with E-state index < -0.39 is 0 Å². The van der Waals surface area contributed by atoms with Gasteiger partial charge in [0.05, 0.1) is 6.54 Å². The smallest absolute Gasteiger partial charge is 0.238 e. The fourth-order valence-corrected chi connectivity index (χ4v) is 2.23. The van der Waals surface area contributed by atoms with Crippen molar-refractivity contribution in [3.8, 4) is 5.75 Å². The van der Waals surface area contributed by atoms with Crippen LogP contribution in [0.2, 0.25) is 5.02 Å². The van der Waals surface area contributed by atoms with E-state index in [1.807, 2.05) is 49.4 Å². The van der Waals surface area contributed by atoms with Crippen LogP contribution in [0.1, 0.15) is 11.1 Å². The van der Waals surface area contributed by atoms with Gasteiger partial charge in [-0.25, -0.2) is 0 Å².